The van der Waals surface area contributed by atoms with E-state index in [9.17, 15) is 0 Å². The zero-order valence-electron chi connectivity index (χ0n) is 21.2. The summed E-state index contributed by atoms with van der Waals surface area (Å²) in [6, 6.07) is 17.8. The molecule has 2 aromatic rings. The van der Waals surface area contributed by atoms with Crippen LogP contribution in [0.2, 0.25) is 0 Å². The smallest absolute Gasteiger partial charge is 0.370 e. The predicted molar refractivity (Wildman–Crippen MR) is 149 cm³/mol. The van der Waals surface area contributed by atoms with E-state index < -0.39 is 10.4 Å². The van der Waals surface area contributed by atoms with Crippen molar-refractivity contribution < 1.29 is 17.5 Å². The van der Waals surface area contributed by atoms with E-state index in [2.05, 4.69) is 82.2 Å². The molecule has 0 fully saturated rings. The fraction of sp³-hybridized carbons (Fsp3) is 0.417. The maximum Gasteiger partial charge on any atom is 0.394 e. The van der Waals surface area contributed by atoms with E-state index in [0.29, 0.717) is 25.2 Å². The summed E-state index contributed by atoms with van der Waals surface area (Å²) in [5.74, 6) is 0.346. The molecule has 37 heavy (non-hydrogen) atoms. The second-order valence-corrected chi connectivity index (χ2v) is 9.42. The molecule has 2 heterocycles. The van der Waals surface area contributed by atoms with E-state index in [0.717, 1.165) is 25.9 Å². The largest absolute Gasteiger partial charge is 0.394 e. The standard InChI is InChI=1S/2C12H18N4.H2O4S/c2*1-2-16-10(8-15-12(13)14)7-9-5-3-4-6-11(9)16;1-5(2,3)4/h2*3-6,10H,2,7-8H2,1H3,(H4,13,14,15);(H2,1,2,3,4). The number of nitrogens with two attached hydrogens (primary N) is 4. The molecule has 2 aromatic carbocycles. The second kappa shape index (κ2) is 13.7. The van der Waals surface area contributed by atoms with Crippen molar-refractivity contribution in [1.82, 2.24) is 0 Å². The monoisotopic (exact) mass is 534 g/mol. The van der Waals surface area contributed by atoms with Gasteiger partial charge in [0.25, 0.3) is 0 Å². The number of anilines is 2. The maximum absolute atomic E-state index is 8.74. The van der Waals surface area contributed by atoms with Crippen LogP contribution in [-0.4, -0.2) is 67.7 Å². The first-order valence-electron chi connectivity index (χ1n) is 11.9. The summed E-state index contributed by atoms with van der Waals surface area (Å²) in [5, 5.41) is 0. The molecule has 0 bridgehead atoms. The van der Waals surface area contributed by atoms with Gasteiger partial charge in [0.1, 0.15) is 0 Å². The normalized spacial score (nSPS) is 17.4. The fourth-order valence-corrected chi connectivity index (χ4v) is 4.65. The van der Waals surface area contributed by atoms with E-state index in [-0.39, 0.29) is 11.9 Å². The van der Waals surface area contributed by atoms with Crippen molar-refractivity contribution in [2.75, 3.05) is 36.0 Å². The first-order chi connectivity index (χ1) is 17.4. The number of aliphatic imine (C=N–C) groups is 2. The molecule has 2 aliphatic heterocycles. The lowest BCUT2D eigenvalue weighted by atomic mass is 10.1. The summed E-state index contributed by atoms with van der Waals surface area (Å²) < 4.78 is 31.6. The summed E-state index contributed by atoms with van der Waals surface area (Å²) >= 11 is 0. The summed E-state index contributed by atoms with van der Waals surface area (Å²) in [7, 11) is -4.67. The third kappa shape index (κ3) is 9.44. The Morgan fingerprint density at radius 2 is 1.11 bits per heavy atom. The Kier molecular flexibility index (Phi) is 11.0. The van der Waals surface area contributed by atoms with Crippen molar-refractivity contribution in [2.45, 2.75) is 38.8 Å². The molecule has 204 valence electrons. The Bertz CT molecular complexity index is 1100. The van der Waals surface area contributed by atoms with E-state index >= 15 is 0 Å². The number of hydrogen-bond acceptors (Lipinski definition) is 6. The molecule has 0 aliphatic carbocycles. The van der Waals surface area contributed by atoms with Gasteiger partial charge in [0.15, 0.2) is 11.9 Å². The van der Waals surface area contributed by atoms with Crippen LogP contribution >= 0.6 is 0 Å². The zero-order chi connectivity index (χ0) is 27.6. The molecule has 12 nitrogen and oxygen atoms in total. The SMILES string of the molecule is CCN1c2ccccc2CC1CN=C(N)N.CCN1c2ccccc2CC1CN=C(N)N.O=S(=O)(O)O. The first-order valence-corrected chi connectivity index (χ1v) is 13.3. The molecule has 2 atom stereocenters. The zero-order valence-corrected chi connectivity index (χ0v) is 22.1. The van der Waals surface area contributed by atoms with Gasteiger partial charge in [-0.15, -0.1) is 0 Å². The van der Waals surface area contributed by atoms with Gasteiger partial charge in [-0.2, -0.15) is 8.42 Å². The Morgan fingerprint density at radius 3 is 1.41 bits per heavy atom. The molecular formula is C24H38N8O4S. The second-order valence-electron chi connectivity index (χ2n) is 8.52. The van der Waals surface area contributed by atoms with Crippen LogP contribution in [0.5, 0.6) is 0 Å². The van der Waals surface area contributed by atoms with Gasteiger partial charge in [-0.25, -0.2) is 0 Å². The number of guanidine groups is 2. The minimum Gasteiger partial charge on any atom is -0.370 e. The topological polar surface area (TPSA) is 210 Å². The van der Waals surface area contributed by atoms with Crippen LogP contribution in [0, 0.1) is 0 Å². The molecule has 0 saturated carbocycles. The van der Waals surface area contributed by atoms with E-state index in [1.165, 1.54) is 22.5 Å². The van der Waals surface area contributed by atoms with Crippen molar-refractivity contribution in [2.24, 2.45) is 32.9 Å². The van der Waals surface area contributed by atoms with Crippen LogP contribution in [0.25, 0.3) is 0 Å². The quantitative estimate of drug-likeness (QED) is 0.174. The van der Waals surface area contributed by atoms with Crippen LogP contribution in [0.4, 0.5) is 11.4 Å². The van der Waals surface area contributed by atoms with Gasteiger partial charge in [-0.1, -0.05) is 36.4 Å². The Morgan fingerprint density at radius 1 is 0.784 bits per heavy atom. The molecule has 0 aromatic heterocycles. The third-order valence-corrected chi connectivity index (χ3v) is 6.05. The lowest BCUT2D eigenvalue weighted by Gasteiger charge is -2.24. The molecule has 4 rings (SSSR count). The molecule has 0 radical (unpaired) electrons. The number of para-hydroxylation sites is 2. The highest BCUT2D eigenvalue weighted by atomic mass is 32.3. The average Bonchev–Trinajstić information content (AvgIpc) is 3.37. The van der Waals surface area contributed by atoms with Crippen molar-refractivity contribution in [1.29, 1.82) is 0 Å². The van der Waals surface area contributed by atoms with E-state index in [1.54, 1.807) is 0 Å². The van der Waals surface area contributed by atoms with Crippen LogP contribution < -0.4 is 32.7 Å². The Labute approximate surface area is 218 Å². The molecule has 0 spiro atoms. The van der Waals surface area contributed by atoms with E-state index in [4.69, 9.17) is 40.5 Å². The summed E-state index contributed by atoms with van der Waals surface area (Å²) in [4.78, 5) is 13.0. The van der Waals surface area contributed by atoms with Gasteiger partial charge in [-0.05, 0) is 49.9 Å². The molecule has 10 N–H and O–H groups in total. The number of rotatable bonds is 6. The van der Waals surface area contributed by atoms with Gasteiger partial charge >= 0.3 is 10.4 Å². The lowest BCUT2D eigenvalue weighted by molar-refractivity contribution is 0.381. The highest BCUT2D eigenvalue weighted by molar-refractivity contribution is 7.79. The van der Waals surface area contributed by atoms with Crippen LogP contribution in [0.15, 0.2) is 58.5 Å². The summed E-state index contributed by atoms with van der Waals surface area (Å²) in [6.45, 7) is 7.63. The molecular weight excluding hydrogens is 496 g/mol. The maximum atomic E-state index is 8.74. The number of likely N-dealkylation sites (N-methyl/N-ethyl adjacent to an activating group) is 2. The molecule has 13 heteroatoms. The minimum absolute atomic E-state index is 0.173. The van der Waals surface area contributed by atoms with Gasteiger partial charge in [-0.3, -0.25) is 19.1 Å². The molecule has 2 unspecified atom stereocenters. The minimum atomic E-state index is -4.67. The van der Waals surface area contributed by atoms with Crippen LogP contribution in [0.1, 0.15) is 25.0 Å². The Balaban J connectivity index is 0.000000221. The van der Waals surface area contributed by atoms with Crippen molar-refractivity contribution in [3.8, 4) is 0 Å². The van der Waals surface area contributed by atoms with Crippen molar-refractivity contribution in [3.05, 3.63) is 59.7 Å². The van der Waals surface area contributed by atoms with Crippen LogP contribution in [-0.2, 0) is 23.2 Å². The third-order valence-electron chi connectivity index (χ3n) is 6.05. The predicted octanol–water partition coefficient (Wildman–Crippen LogP) is 0.769. The van der Waals surface area contributed by atoms with Crippen LogP contribution in [0.3, 0.4) is 0 Å². The van der Waals surface area contributed by atoms with E-state index in [1.807, 2.05) is 0 Å². The number of hydrogen-bond donors (Lipinski definition) is 6. The summed E-state index contributed by atoms with van der Waals surface area (Å²) in [6.07, 6.45) is 2.06. The summed E-state index contributed by atoms with van der Waals surface area (Å²) in [5.41, 5.74) is 26.9. The number of nitrogens with zero attached hydrogens (tertiary/aromatic N) is 4. The molecule has 0 amide bonds. The average molecular weight is 535 g/mol. The first kappa shape index (κ1) is 29.7. The Hall–Kier alpha value is -3.55. The van der Waals surface area contributed by atoms with Gasteiger partial charge in [0, 0.05) is 24.5 Å². The van der Waals surface area contributed by atoms with Crippen molar-refractivity contribution in [3.63, 3.8) is 0 Å². The number of benzene rings is 2. The molecule has 0 saturated heterocycles. The van der Waals surface area contributed by atoms with Crippen molar-refractivity contribution >= 4 is 33.7 Å². The highest BCUT2D eigenvalue weighted by Gasteiger charge is 2.28. The molecule has 2 aliphatic rings. The highest BCUT2D eigenvalue weighted by Crippen LogP contribution is 2.32. The number of fused-ring (bicyclic) bond motifs is 2. The van der Waals surface area contributed by atoms with Gasteiger partial charge < -0.3 is 32.7 Å². The van der Waals surface area contributed by atoms with Gasteiger partial charge in [0.05, 0.1) is 25.2 Å². The fourth-order valence-electron chi connectivity index (χ4n) is 4.65. The lowest BCUT2D eigenvalue weighted by Crippen LogP contribution is -2.35. The van der Waals surface area contributed by atoms with Gasteiger partial charge in [0.2, 0.25) is 0 Å².